The Kier molecular flexibility index (Phi) is 8.21. The van der Waals surface area contributed by atoms with Crippen molar-refractivity contribution < 1.29 is 33.6 Å². The molecule has 0 radical (unpaired) electrons. The van der Waals surface area contributed by atoms with Gasteiger partial charge in [0, 0.05) is 5.56 Å². The second-order valence-electron chi connectivity index (χ2n) is 8.56. The molecule has 3 aromatic rings. The third-order valence-corrected chi connectivity index (χ3v) is 6.17. The van der Waals surface area contributed by atoms with Crippen molar-refractivity contribution in [1.82, 2.24) is 0 Å². The second kappa shape index (κ2) is 11.7. The molecule has 0 bridgehead atoms. The van der Waals surface area contributed by atoms with E-state index >= 15 is 0 Å². The number of para-hydroxylation sites is 2. The summed E-state index contributed by atoms with van der Waals surface area (Å²) in [7, 11) is 3.03. The van der Waals surface area contributed by atoms with Crippen molar-refractivity contribution in [3.05, 3.63) is 83.4 Å². The normalized spacial score (nSPS) is 16.4. The predicted molar refractivity (Wildman–Crippen MR) is 144 cm³/mol. The number of aliphatic hydroxyl groups is 1. The van der Waals surface area contributed by atoms with Gasteiger partial charge < -0.3 is 24.1 Å². The Labute approximate surface area is 222 Å². The number of carbonyl (C=O) groups is 2. The van der Waals surface area contributed by atoms with Gasteiger partial charge in [-0.05, 0) is 55.3 Å². The number of ether oxygens (including phenoxy) is 4. The van der Waals surface area contributed by atoms with Crippen LogP contribution in [-0.4, -0.2) is 44.2 Å². The Morgan fingerprint density at radius 3 is 2.34 bits per heavy atom. The number of anilines is 1. The van der Waals surface area contributed by atoms with E-state index in [1.54, 1.807) is 66.7 Å². The van der Waals surface area contributed by atoms with E-state index < -0.39 is 17.7 Å². The number of nitrogens with zero attached hydrogens (tertiary/aromatic N) is 1. The highest BCUT2D eigenvalue weighted by Crippen LogP contribution is 2.46. The zero-order valence-electron chi connectivity index (χ0n) is 21.9. The summed E-state index contributed by atoms with van der Waals surface area (Å²) in [5.74, 6) is 0.0165. The highest BCUT2D eigenvalue weighted by molar-refractivity contribution is 6.52. The summed E-state index contributed by atoms with van der Waals surface area (Å²) in [4.78, 5) is 28.4. The van der Waals surface area contributed by atoms with Crippen LogP contribution < -0.4 is 23.8 Å². The first-order chi connectivity index (χ1) is 18.4. The fourth-order valence-corrected chi connectivity index (χ4v) is 4.47. The summed E-state index contributed by atoms with van der Waals surface area (Å²) >= 11 is 0. The van der Waals surface area contributed by atoms with Gasteiger partial charge in [-0.1, -0.05) is 37.3 Å². The molecule has 38 heavy (non-hydrogen) atoms. The lowest BCUT2D eigenvalue weighted by Crippen LogP contribution is -2.29. The summed E-state index contributed by atoms with van der Waals surface area (Å²) in [5.41, 5.74) is 1.26. The van der Waals surface area contributed by atoms with Gasteiger partial charge in [-0.15, -0.1) is 0 Å². The smallest absolute Gasteiger partial charge is 0.300 e. The van der Waals surface area contributed by atoms with Crippen LogP contribution in [0.2, 0.25) is 0 Å². The topological polar surface area (TPSA) is 94.5 Å². The van der Waals surface area contributed by atoms with Gasteiger partial charge in [-0.3, -0.25) is 14.5 Å². The minimum Gasteiger partial charge on any atom is -0.507 e. The molecular weight excluding hydrogens is 486 g/mol. The van der Waals surface area contributed by atoms with E-state index in [9.17, 15) is 14.7 Å². The first-order valence-corrected chi connectivity index (χ1v) is 12.4. The molecule has 8 nitrogen and oxygen atoms in total. The van der Waals surface area contributed by atoms with Crippen LogP contribution in [0.3, 0.4) is 0 Å². The summed E-state index contributed by atoms with van der Waals surface area (Å²) in [6.45, 7) is 4.74. The number of aliphatic hydroxyl groups excluding tert-OH is 1. The van der Waals surface area contributed by atoms with E-state index in [-0.39, 0.29) is 11.3 Å². The maximum Gasteiger partial charge on any atom is 0.300 e. The number of hydrogen-bond acceptors (Lipinski definition) is 7. The van der Waals surface area contributed by atoms with Crippen LogP contribution in [0.5, 0.6) is 23.0 Å². The summed E-state index contributed by atoms with van der Waals surface area (Å²) in [5, 5.41) is 11.5. The van der Waals surface area contributed by atoms with Gasteiger partial charge >= 0.3 is 0 Å². The molecule has 0 aliphatic carbocycles. The zero-order valence-corrected chi connectivity index (χ0v) is 21.9. The number of amides is 1. The van der Waals surface area contributed by atoms with Crippen molar-refractivity contribution in [2.24, 2.45) is 0 Å². The van der Waals surface area contributed by atoms with Gasteiger partial charge in [-0.25, -0.2) is 0 Å². The molecule has 0 saturated carbocycles. The largest absolute Gasteiger partial charge is 0.507 e. The fraction of sp³-hybridized carbons (Fsp3) is 0.267. The van der Waals surface area contributed by atoms with E-state index in [2.05, 4.69) is 0 Å². The third-order valence-electron chi connectivity index (χ3n) is 6.17. The monoisotopic (exact) mass is 517 g/mol. The highest BCUT2D eigenvalue weighted by atomic mass is 16.5. The molecular formula is C30H31NO7. The molecule has 1 amide bonds. The van der Waals surface area contributed by atoms with E-state index in [1.807, 2.05) is 13.8 Å². The van der Waals surface area contributed by atoms with Gasteiger partial charge in [0.05, 0.1) is 44.7 Å². The maximum atomic E-state index is 13.5. The van der Waals surface area contributed by atoms with Crippen molar-refractivity contribution in [1.29, 1.82) is 0 Å². The number of rotatable bonds is 10. The minimum atomic E-state index is -0.961. The summed E-state index contributed by atoms with van der Waals surface area (Å²) < 4.78 is 22.4. The van der Waals surface area contributed by atoms with E-state index in [1.165, 1.54) is 19.1 Å². The standard InChI is InChI=1S/C30H31NO7/c1-5-16-38-21-11-9-10-20(17-21)28(32)26-27(19-14-15-24(36-4)25(18-19)37-6-2)31(30(34)29(26)33)22-12-7-8-13-23(22)35-3/h7-15,17-18,27,32H,5-6,16H2,1-4H3/b28-26-. The first-order valence-electron chi connectivity index (χ1n) is 12.4. The molecule has 1 fully saturated rings. The fourth-order valence-electron chi connectivity index (χ4n) is 4.47. The average Bonchev–Trinajstić information content (AvgIpc) is 3.21. The molecule has 8 heteroatoms. The van der Waals surface area contributed by atoms with Gasteiger partial charge in [0.2, 0.25) is 0 Å². The van der Waals surface area contributed by atoms with Gasteiger partial charge in [0.25, 0.3) is 11.7 Å². The predicted octanol–water partition coefficient (Wildman–Crippen LogP) is 5.52. The molecule has 1 unspecified atom stereocenters. The number of Topliss-reactive ketones (excluding diaryl/α,β-unsaturated/α-hetero) is 1. The molecule has 1 heterocycles. The summed E-state index contributed by atoms with van der Waals surface area (Å²) in [6.07, 6.45) is 0.819. The lowest BCUT2D eigenvalue weighted by molar-refractivity contribution is -0.132. The van der Waals surface area contributed by atoms with Crippen LogP contribution in [0.1, 0.15) is 37.4 Å². The minimum absolute atomic E-state index is 0.0545. The van der Waals surface area contributed by atoms with Gasteiger partial charge in [0.1, 0.15) is 17.3 Å². The van der Waals surface area contributed by atoms with E-state index in [0.29, 0.717) is 53.0 Å². The number of hydrogen-bond donors (Lipinski definition) is 1. The first kappa shape index (κ1) is 26.6. The average molecular weight is 518 g/mol. The molecule has 198 valence electrons. The van der Waals surface area contributed by atoms with Crippen LogP contribution in [0.15, 0.2) is 72.3 Å². The molecule has 0 aromatic heterocycles. The molecule has 0 spiro atoms. The Hall–Kier alpha value is -4.46. The van der Waals surface area contributed by atoms with Crippen LogP contribution in [-0.2, 0) is 9.59 Å². The van der Waals surface area contributed by atoms with Gasteiger partial charge in [-0.2, -0.15) is 0 Å². The van der Waals surface area contributed by atoms with E-state index in [0.717, 1.165) is 6.42 Å². The third kappa shape index (κ3) is 5.02. The highest BCUT2D eigenvalue weighted by Gasteiger charge is 2.48. The number of methoxy groups -OCH3 is 2. The SMILES string of the molecule is CCCOc1cccc(/C(O)=C2/C(=O)C(=O)N(c3ccccc3OC)C2c2ccc(OC)c(OCC)c2)c1. The second-order valence-corrected chi connectivity index (χ2v) is 8.56. The van der Waals surface area contributed by atoms with Crippen LogP contribution in [0.25, 0.3) is 5.76 Å². The Morgan fingerprint density at radius 1 is 0.868 bits per heavy atom. The number of benzene rings is 3. The summed E-state index contributed by atoms with van der Waals surface area (Å²) in [6, 6.07) is 18.0. The Morgan fingerprint density at radius 2 is 1.63 bits per heavy atom. The molecule has 1 N–H and O–H groups in total. The zero-order chi connectivity index (χ0) is 27.2. The van der Waals surface area contributed by atoms with Crippen molar-refractivity contribution in [2.45, 2.75) is 26.3 Å². The van der Waals surface area contributed by atoms with Crippen molar-refractivity contribution in [2.75, 3.05) is 32.3 Å². The van der Waals surface area contributed by atoms with Crippen molar-refractivity contribution in [3.8, 4) is 23.0 Å². The Balaban J connectivity index is 1.95. The number of carbonyl (C=O) groups excluding carboxylic acids is 2. The molecule has 1 saturated heterocycles. The van der Waals surface area contributed by atoms with Crippen molar-refractivity contribution in [3.63, 3.8) is 0 Å². The van der Waals surface area contributed by atoms with Crippen LogP contribution in [0, 0.1) is 0 Å². The van der Waals surface area contributed by atoms with Gasteiger partial charge in [0.15, 0.2) is 11.5 Å². The lowest BCUT2D eigenvalue weighted by atomic mass is 9.94. The molecule has 4 rings (SSSR count). The van der Waals surface area contributed by atoms with Crippen LogP contribution >= 0.6 is 0 Å². The van der Waals surface area contributed by atoms with Crippen LogP contribution in [0.4, 0.5) is 5.69 Å². The number of ketones is 1. The molecule has 3 aromatic carbocycles. The lowest BCUT2D eigenvalue weighted by Gasteiger charge is -2.27. The Bertz CT molecular complexity index is 1360. The quantitative estimate of drug-likeness (QED) is 0.215. The van der Waals surface area contributed by atoms with E-state index in [4.69, 9.17) is 18.9 Å². The molecule has 1 aliphatic rings. The molecule has 1 aliphatic heterocycles. The van der Waals surface area contributed by atoms with Crippen molar-refractivity contribution >= 4 is 23.1 Å². The maximum absolute atomic E-state index is 13.5. The molecule has 1 atom stereocenters.